The fraction of sp³-hybridized carbons (Fsp3) is 0.333. The van der Waals surface area contributed by atoms with Gasteiger partial charge in [-0.15, -0.1) is 0 Å². The van der Waals surface area contributed by atoms with Gasteiger partial charge < -0.3 is 10.2 Å². The minimum absolute atomic E-state index is 0.132. The largest absolute Gasteiger partial charge is 0.418 e. The predicted molar refractivity (Wildman–Crippen MR) is 87.6 cm³/mol. The Morgan fingerprint density at radius 2 is 1.61 bits per heavy atom. The summed E-state index contributed by atoms with van der Waals surface area (Å²) in [5, 5.41) is 3.07. The van der Waals surface area contributed by atoms with E-state index in [1.807, 2.05) is 37.4 Å². The molecule has 1 N–H and O–H groups in total. The highest BCUT2D eigenvalue weighted by Gasteiger charge is 2.35. The summed E-state index contributed by atoms with van der Waals surface area (Å²) in [7, 11) is 3.56. The first-order valence-electron chi connectivity index (χ1n) is 7.53. The third-order valence-electron chi connectivity index (χ3n) is 3.91. The van der Waals surface area contributed by atoms with E-state index in [0.717, 1.165) is 18.2 Å². The topological polar surface area (TPSA) is 15.3 Å². The molecule has 2 nitrogen and oxygen atoms in total. The zero-order valence-electron chi connectivity index (χ0n) is 13.3. The zero-order valence-corrected chi connectivity index (χ0v) is 13.3. The Bertz CT molecular complexity index is 611. The Morgan fingerprint density at radius 3 is 2.22 bits per heavy atom. The molecule has 0 bridgehead atoms. The van der Waals surface area contributed by atoms with Gasteiger partial charge >= 0.3 is 6.18 Å². The Hall–Kier alpha value is -2.01. The van der Waals surface area contributed by atoms with E-state index < -0.39 is 11.7 Å². The molecule has 0 fully saturated rings. The lowest BCUT2D eigenvalue weighted by molar-refractivity contribution is -0.137. The van der Waals surface area contributed by atoms with Gasteiger partial charge in [0.2, 0.25) is 0 Å². The number of alkyl halides is 3. The lowest BCUT2D eigenvalue weighted by Crippen LogP contribution is -2.29. The second-order valence-corrected chi connectivity index (χ2v) is 5.44. The van der Waals surface area contributed by atoms with E-state index in [-0.39, 0.29) is 11.7 Å². The third kappa shape index (κ3) is 4.26. The van der Waals surface area contributed by atoms with Crippen molar-refractivity contribution < 1.29 is 13.2 Å². The molecule has 124 valence electrons. The van der Waals surface area contributed by atoms with Crippen LogP contribution >= 0.6 is 0 Å². The van der Waals surface area contributed by atoms with Gasteiger partial charge in [-0.2, -0.15) is 13.2 Å². The molecule has 0 aliphatic heterocycles. The Labute approximate surface area is 134 Å². The molecule has 0 aliphatic carbocycles. The molecule has 1 atom stereocenters. The van der Waals surface area contributed by atoms with Gasteiger partial charge in [-0.3, -0.25) is 0 Å². The van der Waals surface area contributed by atoms with E-state index in [1.165, 1.54) is 12.1 Å². The number of halogens is 3. The molecule has 2 aromatic rings. The molecule has 2 rings (SSSR count). The van der Waals surface area contributed by atoms with E-state index in [1.54, 1.807) is 18.0 Å². The van der Waals surface area contributed by atoms with Crippen molar-refractivity contribution >= 4 is 5.69 Å². The van der Waals surface area contributed by atoms with Gasteiger partial charge in [0.25, 0.3) is 0 Å². The first-order chi connectivity index (χ1) is 10.9. The van der Waals surface area contributed by atoms with Crippen molar-refractivity contribution in [3.63, 3.8) is 0 Å². The SMILES string of the molecule is CNCCC(c1ccccc1)N(C)c1ccccc1C(F)(F)F. The Balaban J connectivity index is 2.40. The van der Waals surface area contributed by atoms with Crippen molar-refractivity contribution in [1.29, 1.82) is 0 Å². The number of nitrogens with zero attached hydrogens (tertiary/aromatic N) is 1. The molecule has 0 saturated carbocycles. The number of hydrogen-bond acceptors (Lipinski definition) is 2. The van der Waals surface area contributed by atoms with Crippen molar-refractivity contribution in [3.8, 4) is 0 Å². The second-order valence-electron chi connectivity index (χ2n) is 5.44. The summed E-state index contributed by atoms with van der Waals surface area (Å²) in [6.45, 7) is 0.720. The molecule has 0 amide bonds. The van der Waals surface area contributed by atoms with Crippen LogP contribution in [0.15, 0.2) is 54.6 Å². The maximum Gasteiger partial charge on any atom is 0.418 e. The van der Waals surface area contributed by atoms with E-state index >= 15 is 0 Å². The van der Waals surface area contributed by atoms with Crippen molar-refractivity contribution in [2.24, 2.45) is 0 Å². The van der Waals surface area contributed by atoms with Gasteiger partial charge in [-0.1, -0.05) is 42.5 Å². The summed E-state index contributed by atoms with van der Waals surface area (Å²) in [5.74, 6) is 0. The maximum absolute atomic E-state index is 13.3. The van der Waals surface area contributed by atoms with Crippen LogP contribution in [0.2, 0.25) is 0 Å². The summed E-state index contributed by atoms with van der Waals surface area (Å²) in [4.78, 5) is 1.72. The molecular formula is C18H21F3N2. The van der Waals surface area contributed by atoms with Gasteiger partial charge in [0, 0.05) is 12.7 Å². The number of anilines is 1. The van der Waals surface area contributed by atoms with Crippen LogP contribution in [0.25, 0.3) is 0 Å². The maximum atomic E-state index is 13.3. The van der Waals surface area contributed by atoms with E-state index in [2.05, 4.69) is 5.32 Å². The van der Waals surface area contributed by atoms with Gasteiger partial charge in [0.15, 0.2) is 0 Å². The highest BCUT2D eigenvalue weighted by molar-refractivity contribution is 5.56. The van der Waals surface area contributed by atoms with Gasteiger partial charge in [-0.05, 0) is 37.7 Å². The van der Waals surface area contributed by atoms with Crippen LogP contribution in [0, 0.1) is 0 Å². The average Bonchev–Trinajstić information content (AvgIpc) is 2.55. The number of nitrogens with one attached hydrogen (secondary N) is 1. The molecule has 0 heterocycles. The van der Waals surface area contributed by atoms with Gasteiger partial charge in [0.1, 0.15) is 0 Å². The van der Waals surface area contributed by atoms with Gasteiger partial charge in [-0.25, -0.2) is 0 Å². The summed E-state index contributed by atoms with van der Waals surface area (Å²) >= 11 is 0. The van der Waals surface area contributed by atoms with Crippen LogP contribution in [0.3, 0.4) is 0 Å². The summed E-state index contributed by atoms with van der Waals surface area (Å²) < 4.78 is 39.9. The van der Waals surface area contributed by atoms with Gasteiger partial charge in [0.05, 0.1) is 11.6 Å². The van der Waals surface area contributed by atoms with E-state index in [0.29, 0.717) is 6.42 Å². The van der Waals surface area contributed by atoms with Crippen LogP contribution in [-0.4, -0.2) is 20.6 Å². The lowest BCUT2D eigenvalue weighted by Gasteiger charge is -2.32. The van der Waals surface area contributed by atoms with Crippen LogP contribution < -0.4 is 10.2 Å². The number of para-hydroxylation sites is 1. The molecule has 23 heavy (non-hydrogen) atoms. The monoisotopic (exact) mass is 322 g/mol. The van der Waals surface area contributed by atoms with Crippen molar-refractivity contribution in [2.75, 3.05) is 25.5 Å². The normalized spacial score (nSPS) is 12.9. The fourth-order valence-corrected chi connectivity index (χ4v) is 2.73. The molecule has 0 radical (unpaired) electrons. The molecule has 0 spiro atoms. The molecule has 0 aliphatic rings. The summed E-state index contributed by atoms with van der Waals surface area (Å²) in [5.41, 5.74) is 0.597. The molecule has 1 unspecified atom stereocenters. The van der Waals surface area contributed by atoms with Crippen molar-refractivity contribution in [2.45, 2.75) is 18.6 Å². The number of hydrogen-bond donors (Lipinski definition) is 1. The highest BCUT2D eigenvalue weighted by Crippen LogP contribution is 2.39. The third-order valence-corrected chi connectivity index (χ3v) is 3.91. The first kappa shape index (κ1) is 17.3. The predicted octanol–water partition coefficient (Wildman–Crippen LogP) is 4.49. The summed E-state index contributed by atoms with van der Waals surface area (Å²) in [6, 6.07) is 15.2. The summed E-state index contributed by atoms with van der Waals surface area (Å²) in [6.07, 6.45) is -3.65. The molecule has 0 saturated heterocycles. The molecular weight excluding hydrogens is 301 g/mol. The van der Waals surface area contributed by atoms with E-state index in [4.69, 9.17) is 0 Å². The standard InChI is InChI=1S/C18H21F3N2/c1-22-13-12-16(14-8-4-3-5-9-14)23(2)17-11-7-6-10-15(17)18(19,20)21/h3-11,16,22H,12-13H2,1-2H3. The average molecular weight is 322 g/mol. The molecule has 2 aromatic carbocycles. The Kier molecular flexibility index (Phi) is 5.66. The smallest absolute Gasteiger partial charge is 0.367 e. The molecule has 5 heteroatoms. The first-order valence-corrected chi connectivity index (χ1v) is 7.53. The van der Waals surface area contributed by atoms with Crippen LogP contribution in [0.4, 0.5) is 18.9 Å². The van der Waals surface area contributed by atoms with Crippen molar-refractivity contribution in [3.05, 3.63) is 65.7 Å². The zero-order chi connectivity index (χ0) is 16.9. The minimum Gasteiger partial charge on any atom is -0.367 e. The van der Waals surface area contributed by atoms with Crippen LogP contribution in [-0.2, 0) is 6.18 Å². The lowest BCUT2D eigenvalue weighted by atomic mass is 10.0. The Morgan fingerprint density at radius 1 is 1.00 bits per heavy atom. The van der Waals surface area contributed by atoms with Crippen LogP contribution in [0.1, 0.15) is 23.6 Å². The van der Waals surface area contributed by atoms with Crippen molar-refractivity contribution in [1.82, 2.24) is 5.32 Å². The minimum atomic E-state index is -4.37. The highest BCUT2D eigenvalue weighted by atomic mass is 19.4. The molecule has 0 aromatic heterocycles. The second kappa shape index (κ2) is 7.51. The van der Waals surface area contributed by atoms with Crippen LogP contribution in [0.5, 0.6) is 0 Å². The fourth-order valence-electron chi connectivity index (χ4n) is 2.73. The quantitative estimate of drug-likeness (QED) is 0.843. The van der Waals surface area contributed by atoms with E-state index in [9.17, 15) is 13.2 Å². The number of rotatable bonds is 6. The number of benzene rings is 2.